The van der Waals surface area contributed by atoms with E-state index in [2.05, 4.69) is 47.6 Å². The van der Waals surface area contributed by atoms with E-state index in [4.69, 9.17) is 4.74 Å². The van der Waals surface area contributed by atoms with Crippen molar-refractivity contribution in [1.82, 2.24) is 10.3 Å². The first-order valence-electron chi connectivity index (χ1n) is 7.05. The third-order valence-corrected chi connectivity index (χ3v) is 3.42. The Morgan fingerprint density at radius 2 is 1.95 bits per heavy atom. The molecule has 0 radical (unpaired) electrons. The molecule has 0 bridgehead atoms. The van der Waals surface area contributed by atoms with E-state index < -0.39 is 0 Å². The molecule has 1 aromatic carbocycles. The van der Waals surface area contributed by atoms with E-state index in [9.17, 15) is 0 Å². The first-order chi connectivity index (χ1) is 9.85. The fourth-order valence-corrected chi connectivity index (χ4v) is 2.30. The molecule has 106 valence electrons. The van der Waals surface area contributed by atoms with Gasteiger partial charge in [0.1, 0.15) is 0 Å². The molecular formula is C17H22N2O. The Labute approximate surface area is 121 Å². The Morgan fingerprint density at radius 1 is 1.15 bits per heavy atom. The molecule has 0 aliphatic heterocycles. The van der Waals surface area contributed by atoms with Crippen molar-refractivity contribution in [3.05, 3.63) is 65.5 Å². The van der Waals surface area contributed by atoms with Crippen molar-refractivity contribution >= 4 is 0 Å². The maximum atomic E-state index is 5.32. The number of aromatic nitrogens is 1. The standard InChI is InChI=1S/C17H22N2O/c1-3-14-10-7-11-18-16(14)12-19-17(13-20-2)15-8-5-4-6-9-15/h4-11,17,19H,3,12-13H2,1-2H3. The molecule has 1 heterocycles. The van der Waals surface area contributed by atoms with Gasteiger partial charge in [-0.15, -0.1) is 0 Å². The lowest BCUT2D eigenvalue weighted by Gasteiger charge is -2.19. The van der Waals surface area contributed by atoms with Crippen LogP contribution in [-0.2, 0) is 17.7 Å². The molecule has 0 saturated carbocycles. The Bertz CT molecular complexity index is 513. The number of hydrogen-bond donors (Lipinski definition) is 1. The van der Waals surface area contributed by atoms with Crippen molar-refractivity contribution in [3.8, 4) is 0 Å². The number of nitrogens with zero attached hydrogens (tertiary/aromatic N) is 1. The van der Waals surface area contributed by atoms with Crippen molar-refractivity contribution in [3.63, 3.8) is 0 Å². The van der Waals surface area contributed by atoms with Crippen LogP contribution in [0.25, 0.3) is 0 Å². The Hall–Kier alpha value is -1.71. The number of hydrogen-bond acceptors (Lipinski definition) is 3. The number of rotatable bonds is 7. The highest BCUT2D eigenvalue weighted by Gasteiger charge is 2.11. The van der Waals surface area contributed by atoms with Gasteiger partial charge in [-0.2, -0.15) is 0 Å². The molecule has 3 heteroatoms. The van der Waals surface area contributed by atoms with Crippen molar-refractivity contribution in [2.24, 2.45) is 0 Å². The highest BCUT2D eigenvalue weighted by molar-refractivity contribution is 5.21. The van der Waals surface area contributed by atoms with Crippen molar-refractivity contribution in [2.75, 3.05) is 13.7 Å². The van der Waals surface area contributed by atoms with Crippen LogP contribution in [0.3, 0.4) is 0 Å². The largest absolute Gasteiger partial charge is 0.383 e. The summed E-state index contributed by atoms with van der Waals surface area (Å²) < 4.78 is 5.32. The summed E-state index contributed by atoms with van der Waals surface area (Å²) in [5, 5.41) is 3.54. The van der Waals surface area contributed by atoms with Crippen LogP contribution >= 0.6 is 0 Å². The molecule has 3 nitrogen and oxygen atoms in total. The van der Waals surface area contributed by atoms with Crippen LogP contribution in [0.2, 0.25) is 0 Å². The molecule has 0 aliphatic carbocycles. The highest BCUT2D eigenvalue weighted by Crippen LogP contribution is 2.14. The van der Waals surface area contributed by atoms with E-state index in [1.807, 2.05) is 18.3 Å². The average Bonchev–Trinajstić information content (AvgIpc) is 2.52. The van der Waals surface area contributed by atoms with Gasteiger partial charge in [0.2, 0.25) is 0 Å². The zero-order chi connectivity index (χ0) is 14.2. The minimum absolute atomic E-state index is 0.188. The van der Waals surface area contributed by atoms with Crippen LogP contribution in [0.1, 0.15) is 29.8 Å². The number of methoxy groups -OCH3 is 1. The van der Waals surface area contributed by atoms with Gasteiger partial charge in [0.05, 0.1) is 18.3 Å². The van der Waals surface area contributed by atoms with Gasteiger partial charge in [0.15, 0.2) is 0 Å². The van der Waals surface area contributed by atoms with Gasteiger partial charge in [0, 0.05) is 19.9 Å². The number of nitrogens with one attached hydrogen (secondary N) is 1. The van der Waals surface area contributed by atoms with Crippen LogP contribution < -0.4 is 5.32 Å². The van der Waals surface area contributed by atoms with Gasteiger partial charge in [-0.1, -0.05) is 43.3 Å². The van der Waals surface area contributed by atoms with E-state index in [-0.39, 0.29) is 6.04 Å². The number of benzene rings is 1. The SMILES string of the molecule is CCc1cccnc1CNC(COC)c1ccccc1. The quantitative estimate of drug-likeness (QED) is 0.839. The van der Waals surface area contributed by atoms with Crippen LogP contribution in [-0.4, -0.2) is 18.7 Å². The smallest absolute Gasteiger partial charge is 0.0657 e. The van der Waals surface area contributed by atoms with E-state index in [0.717, 1.165) is 18.7 Å². The van der Waals surface area contributed by atoms with Gasteiger partial charge in [-0.3, -0.25) is 4.98 Å². The zero-order valence-electron chi connectivity index (χ0n) is 12.2. The molecule has 1 N–H and O–H groups in total. The number of aryl methyl sites for hydroxylation is 1. The van der Waals surface area contributed by atoms with Gasteiger partial charge in [-0.25, -0.2) is 0 Å². The van der Waals surface area contributed by atoms with Crippen LogP contribution in [0, 0.1) is 0 Å². The molecule has 2 rings (SSSR count). The molecule has 0 amide bonds. The van der Waals surface area contributed by atoms with Gasteiger partial charge in [-0.05, 0) is 23.6 Å². The summed E-state index contributed by atoms with van der Waals surface area (Å²) in [7, 11) is 1.73. The Kier molecular flexibility index (Phi) is 5.71. The van der Waals surface area contributed by atoms with Crippen LogP contribution in [0.15, 0.2) is 48.7 Å². The van der Waals surface area contributed by atoms with E-state index in [0.29, 0.717) is 6.61 Å². The maximum absolute atomic E-state index is 5.32. The van der Waals surface area contributed by atoms with Crippen molar-refractivity contribution < 1.29 is 4.74 Å². The third-order valence-electron chi connectivity index (χ3n) is 3.42. The fourth-order valence-electron chi connectivity index (χ4n) is 2.30. The third kappa shape index (κ3) is 3.89. The topological polar surface area (TPSA) is 34.2 Å². The molecule has 1 atom stereocenters. The summed E-state index contributed by atoms with van der Waals surface area (Å²) >= 11 is 0. The normalized spacial score (nSPS) is 12.3. The lowest BCUT2D eigenvalue weighted by molar-refractivity contribution is 0.166. The first kappa shape index (κ1) is 14.7. The Morgan fingerprint density at radius 3 is 2.65 bits per heavy atom. The average molecular weight is 270 g/mol. The molecule has 0 fully saturated rings. The summed E-state index contributed by atoms with van der Waals surface area (Å²) in [6.45, 7) is 3.57. The predicted octanol–water partition coefficient (Wildman–Crippen LogP) is 3.12. The second kappa shape index (κ2) is 7.78. The number of pyridine rings is 1. The summed E-state index contributed by atoms with van der Waals surface area (Å²) in [5.41, 5.74) is 3.65. The van der Waals surface area contributed by atoms with Crippen LogP contribution in [0.4, 0.5) is 0 Å². The lowest BCUT2D eigenvalue weighted by atomic mass is 10.1. The summed E-state index contributed by atoms with van der Waals surface area (Å²) in [4.78, 5) is 4.47. The van der Waals surface area contributed by atoms with Gasteiger partial charge in [0.25, 0.3) is 0 Å². The second-order valence-electron chi connectivity index (χ2n) is 4.76. The Balaban J connectivity index is 2.06. The van der Waals surface area contributed by atoms with Crippen molar-refractivity contribution in [1.29, 1.82) is 0 Å². The molecule has 1 unspecified atom stereocenters. The predicted molar refractivity (Wildman–Crippen MR) is 81.5 cm³/mol. The lowest BCUT2D eigenvalue weighted by Crippen LogP contribution is -2.25. The van der Waals surface area contributed by atoms with Crippen molar-refractivity contribution in [2.45, 2.75) is 25.9 Å². The van der Waals surface area contributed by atoms with E-state index in [1.54, 1.807) is 7.11 Å². The minimum atomic E-state index is 0.188. The van der Waals surface area contributed by atoms with E-state index >= 15 is 0 Å². The monoisotopic (exact) mass is 270 g/mol. The summed E-state index contributed by atoms with van der Waals surface area (Å²) in [6.07, 6.45) is 2.86. The number of ether oxygens (including phenoxy) is 1. The molecule has 1 aromatic heterocycles. The van der Waals surface area contributed by atoms with E-state index in [1.165, 1.54) is 11.1 Å². The maximum Gasteiger partial charge on any atom is 0.0657 e. The molecule has 0 saturated heterocycles. The summed E-state index contributed by atoms with van der Waals surface area (Å²) in [5.74, 6) is 0. The van der Waals surface area contributed by atoms with Crippen LogP contribution in [0.5, 0.6) is 0 Å². The van der Waals surface area contributed by atoms with Gasteiger partial charge >= 0.3 is 0 Å². The highest BCUT2D eigenvalue weighted by atomic mass is 16.5. The summed E-state index contributed by atoms with van der Waals surface area (Å²) in [6, 6.07) is 14.7. The second-order valence-corrected chi connectivity index (χ2v) is 4.76. The first-order valence-corrected chi connectivity index (χ1v) is 7.05. The molecule has 2 aromatic rings. The fraction of sp³-hybridized carbons (Fsp3) is 0.353. The van der Waals surface area contributed by atoms with Gasteiger partial charge < -0.3 is 10.1 Å². The molecule has 0 spiro atoms. The molecule has 20 heavy (non-hydrogen) atoms. The molecule has 0 aliphatic rings. The zero-order valence-corrected chi connectivity index (χ0v) is 12.2. The minimum Gasteiger partial charge on any atom is -0.383 e. The molecular weight excluding hydrogens is 248 g/mol.